The molecular formula is C33H36IN5O8S. The number of halogens is 1. The van der Waals surface area contributed by atoms with Crippen LogP contribution in [0.4, 0.5) is 10.6 Å². The molecule has 2 N–H and O–H groups in total. The molecule has 2 atom stereocenters. The van der Waals surface area contributed by atoms with Gasteiger partial charge in [0.1, 0.15) is 35.9 Å². The predicted molar refractivity (Wildman–Crippen MR) is 170 cm³/mol. The Kier molecular flexibility index (Phi) is 12.3. The van der Waals surface area contributed by atoms with Crippen LogP contribution in [0.3, 0.4) is 0 Å². The zero-order valence-electron chi connectivity index (χ0n) is 26.5. The summed E-state index contributed by atoms with van der Waals surface area (Å²) >= 11 is 1.39. The van der Waals surface area contributed by atoms with Gasteiger partial charge in [0.05, 0.1) is 6.07 Å². The van der Waals surface area contributed by atoms with Crippen LogP contribution in [0.25, 0.3) is 0 Å². The summed E-state index contributed by atoms with van der Waals surface area (Å²) < 4.78 is 19.9. The number of β-lactam (4-membered cyclic amide) rings is 1. The summed E-state index contributed by atoms with van der Waals surface area (Å²) in [5.74, 6) is -0.417. The molecule has 2 aromatic carbocycles. The first-order valence-corrected chi connectivity index (χ1v) is 16.0. The van der Waals surface area contributed by atoms with Crippen molar-refractivity contribution in [3.8, 4) is 0 Å². The van der Waals surface area contributed by atoms with E-state index < -0.39 is 41.1 Å². The van der Waals surface area contributed by atoms with Crippen molar-refractivity contribution in [2.45, 2.75) is 57.0 Å². The normalized spacial score (nSPS) is 17.0. The lowest BCUT2D eigenvalue weighted by atomic mass is 10.0. The van der Waals surface area contributed by atoms with Crippen LogP contribution in [0, 0.1) is 0 Å². The average molecular weight is 790 g/mol. The summed E-state index contributed by atoms with van der Waals surface area (Å²) in [4.78, 5) is 63.9. The number of thioether (sulfide) groups is 1. The Bertz CT molecular complexity index is 1620. The second-order valence-corrected chi connectivity index (χ2v) is 12.8. The standard InChI is InChI=1S/C33H35N5O8S.HI/c1-33(2,3)46-32(43)35-26-29(41)38-27(31(42)45-28(22-10-6-4-7-11-22)23-12-8-5-9-13-23)24(19-47-30(26)38)18-36-15-14-25(34-20-39)37(36)16-17-44-21-40;/h4-15,20-21,26,28,30H,16-19H2,1-3H3,(H,35,43);1H/t26-,30-;/m1./s1. The first-order valence-electron chi connectivity index (χ1n) is 14.9. The molecule has 5 rings (SSSR count). The molecule has 15 heteroatoms. The van der Waals surface area contributed by atoms with E-state index in [0.717, 1.165) is 11.1 Å². The topological polar surface area (TPSA) is 149 Å². The number of nitrogens with zero attached hydrogens (tertiary/aromatic N) is 3. The molecule has 13 nitrogen and oxygen atoms in total. The zero-order chi connectivity index (χ0) is 33.6. The number of ether oxygens (including phenoxy) is 3. The Morgan fingerprint density at radius 2 is 1.69 bits per heavy atom. The van der Waals surface area contributed by atoms with Crippen LogP contribution in [0.5, 0.6) is 0 Å². The van der Waals surface area contributed by atoms with Crippen LogP contribution in [0.2, 0.25) is 0 Å². The van der Waals surface area contributed by atoms with Crippen LogP contribution in [-0.2, 0) is 46.5 Å². The van der Waals surface area contributed by atoms with Gasteiger partial charge in [0, 0.05) is 11.3 Å². The lowest BCUT2D eigenvalue weighted by Gasteiger charge is -2.49. The summed E-state index contributed by atoms with van der Waals surface area (Å²) in [6.45, 7) is 5.90. The summed E-state index contributed by atoms with van der Waals surface area (Å²) in [7, 11) is 0. The first-order chi connectivity index (χ1) is 22.6. The molecule has 2 aliphatic heterocycles. The largest absolute Gasteiger partial charge is 1.00 e. The highest BCUT2D eigenvalue weighted by Gasteiger charge is 2.55. The van der Waals surface area contributed by atoms with Gasteiger partial charge in [-0.3, -0.25) is 19.3 Å². The SMILES string of the molecule is CC(C)(C)OC(=O)N[C@@H]1C(=O)N2C(C(=O)OC(c3ccccc3)c3ccccc3)=C(C[n+]3ccc(NC=O)n3CCOC=O)CS[C@H]12.[I-]. The summed E-state index contributed by atoms with van der Waals surface area (Å²) in [5.41, 5.74) is 1.39. The molecule has 48 heavy (non-hydrogen) atoms. The van der Waals surface area contributed by atoms with Gasteiger partial charge in [-0.05, 0) is 31.9 Å². The Balaban J connectivity index is 0.00000520. The minimum atomic E-state index is -0.904. The van der Waals surface area contributed by atoms with Gasteiger partial charge in [-0.2, -0.15) is 0 Å². The van der Waals surface area contributed by atoms with E-state index in [9.17, 15) is 24.0 Å². The summed E-state index contributed by atoms with van der Waals surface area (Å²) in [5, 5.41) is 4.70. The van der Waals surface area contributed by atoms with Crippen molar-refractivity contribution in [1.82, 2.24) is 14.9 Å². The highest BCUT2D eigenvalue weighted by atomic mass is 127. The number of aromatic nitrogens is 2. The molecule has 3 aromatic rings. The van der Waals surface area contributed by atoms with Gasteiger partial charge in [-0.1, -0.05) is 60.7 Å². The fourth-order valence-electron chi connectivity index (χ4n) is 5.39. The van der Waals surface area contributed by atoms with Crippen molar-refractivity contribution in [2.24, 2.45) is 0 Å². The number of benzene rings is 2. The third-order valence-corrected chi connectivity index (χ3v) is 8.72. The number of alkyl carbamates (subject to hydrolysis) is 1. The smallest absolute Gasteiger partial charge is 0.408 e. The van der Waals surface area contributed by atoms with Crippen LogP contribution >= 0.6 is 11.8 Å². The van der Waals surface area contributed by atoms with Gasteiger partial charge in [0.2, 0.25) is 6.41 Å². The molecule has 0 saturated carbocycles. The van der Waals surface area contributed by atoms with Crippen molar-refractivity contribution >= 4 is 48.4 Å². The maximum absolute atomic E-state index is 14.3. The van der Waals surface area contributed by atoms with Crippen LogP contribution < -0.4 is 39.3 Å². The quantitative estimate of drug-likeness (QED) is 0.0462. The molecule has 3 heterocycles. The van der Waals surface area contributed by atoms with E-state index in [1.54, 1.807) is 42.4 Å². The Morgan fingerprint density at radius 1 is 1.04 bits per heavy atom. The molecular weight excluding hydrogens is 753 g/mol. The number of esters is 1. The molecule has 0 aliphatic carbocycles. The third-order valence-electron chi connectivity index (χ3n) is 7.38. The molecule has 1 aromatic heterocycles. The lowest BCUT2D eigenvalue weighted by molar-refractivity contribution is -0.767. The van der Waals surface area contributed by atoms with E-state index in [4.69, 9.17) is 14.2 Å². The lowest BCUT2D eigenvalue weighted by Crippen LogP contribution is -3.00. The first kappa shape index (κ1) is 36.5. The van der Waals surface area contributed by atoms with E-state index in [-0.39, 0.29) is 49.4 Å². The van der Waals surface area contributed by atoms with Gasteiger partial charge in [0.15, 0.2) is 24.7 Å². The number of anilines is 1. The number of rotatable bonds is 13. The van der Waals surface area contributed by atoms with Crippen LogP contribution in [0.1, 0.15) is 38.0 Å². The van der Waals surface area contributed by atoms with Gasteiger partial charge in [-0.15, -0.1) is 21.1 Å². The Labute approximate surface area is 299 Å². The Morgan fingerprint density at radius 3 is 2.27 bits per heavy atom. The molecule has 0 bridgehead atoms. The Hall–Kier alpha value is -4.38. The maximum atomic E-state index is 14.3. The highest BCUT2D eigenvalue weighted by Crippen LogP contribution is 2.42. The number of fused-ring (bicyclic) bond motifs is 1. The highest BCUT2D eigenvalue weighted by molar-refractivity contribution is 8.00. The van der Waals surface area contributed by atoms with Crippen molar-refractivity contribution in [3.05, 3.63) is 95.3 Å². The monoisotopic (exact) mass is 789 g/mol. The second-order valence-electron chi connectivity index (χ2n) is 11.7. The van der Waals surface area contributed by atoms with Crippen LogP contribution in [-0.4, -0.2) is 69.8 Å². The van der Waals surface area contributed by atoms with E-state index >= 15 is 0 Å². The molecule has 2 aliphatic rings. The molecule has 1 fully saturated rings. The van der Waals surface area contributed by atoms with Crippen molar-refractivity contribution < 1.29 is 66.8 Å². The number of hydrogen-bond acceptors (Lipinski definition) is 9. The molecule has 254 valence electrons. The minimum absolute atomic E-state index is 0. The fourth-order valence-corrected chi connectivity index (χ4v) is 6.72. The summed E-state index contributed by atoms with van der Waals surface area (Å²) in [6.07, 6.45) is 0.744. The number of carbonyl (C=O) groups excluding carboxylic acids is 5. The molecule has 3 amide bonds. The third kappa shape index (κ3) is 8.36. The van der Waals surface area contributed by atoms with E-state index in [1.165, 1.54) is 16.7 Å². The molecule has 0 spiro atoms. The second kappa shape index (κ2) is 16.1. The zero-order valence-corrected chi connectivity index (χ0v) is 29.5. The average Bonchev–Trinajstić information content (AvgIpc) is 3.42. The minimum Gasteiger partial charge on any atom is -1.00 e. The van der Waals surface area contributed by atoms with Gasteiger partial charge < -0.3 is 48.8 Å². The van der Waals surface area contributed by atoms with Crippen molar-refractivity contribution in [1.29, 1.82) is 0 Å². The maximum Gasteiger partial charge on any atom is 0.408 e. The number of nitrogens with one attached hydrogen (secondary N) is 2. The van der Waals surface area contributed by atoms with Crippen LogP contribution in [0.15, 0.2) is 84.2 Å². The number of carbonyl (C=O) groups is 5. The van der Waals surface area contributed by atoms with E-state index in [1.807, 2.05) is 60.7 Å². The molecule has 1 saturated heterocycles. The van der Waals surface area contributed by atoms with Gasteiger partial charge in [-0.25, -0.2) is 9.59 Å². The van der Waals surface area contributed by atoms with Gasteiger partial charge in [0.25, 0.3) is 12.4 Å². The predicted octanol–water partition coefficient (Wildman–Crippen LogP) is -0.0838. The van der Waals surface area contributed by atoms with Crippen molar-refractivity contribution in [2.75, 3.05) is 17.7 Å². The molecule has 0 unspecified atom stereocenters. The molecule has 0 radical (unpaired) electrons. The number of amides is 3. The number of hydrogen-bond donors (Lipinski definition) is 2. The van der Waals surface area contributed by atoms with Gasteiger partial charge >= 0.3 is 12.1 Å². The van der Waals surface area contributed by atoms with E-state index in [2.05, 4.69) is 10.6 Å². The van der Waals surface area contributed by atoms with Crippen molar-refractivity contribution in [3.63, 3.8) is 0 Å². The fraction of sp³-hybridized carbons (Fsp3) is 0.333. The summed E-state index contributed by atoms with van der Waals surface area (Å²) in [6, 6.07) is 19.4. The van der Waals surface area contributed by atoms with E-state index in [0.29, 0.717) is 30.0 Å².